The van der Waals surface area contributed by atoms with Gasteiger partial charge in [-0.05, 0) is 26.7 Å². The van der Waals surface area contributed by atoms with Crippen LogP contribution in [0.1, 0.15) is 37.1 Å². The molecular weight excluding hydrogens is 272 g/mol. The van der Waals surface area contributed by atoms with Crippen molar-refractivity contribution in [2.45, 2.75) is 37.6 Å². The predicted molar refractivity (Wildman–Crippen MR) is 71.1 cm³/mol. The van der Waals surface area contributed by atoms with E-state index < -0.39 is 0 Å². The van der Waals surface area contributed by atoms with Crippen molar-refractivity contribution in [3.8, 4) is 0 Å². The topological polar surface area (TPSA) is 52.1 Å². The van der Waals surface area contributed by atoms with Gasteiger partial charge < -0.3 is 4.74 Å². The van der Waals surface area contributed by atoms with Crippen molar-refractivity contribution in [3.05, 3.63) is 16.5 Å². The van der Waals surface area contributed by atoms with Crippen molar-refractivity contribution < 1.29 is 9.53 Å². The number of rotatable bonds is 5. The van der Waals surface area contributed by atoms with Gasteiger partial charge in [-0.25, -0.2) is 9.97 Å². The van der Waals surface area contributed by atoms with Gasteiger partial charge in [0.15, 0.2) is 0 Å². The van der Waals surface area contributed by atoms with Crippen molar-refractivity contribution in [1.82, 2.24) is 9.97 Å². The molecule has 0 saturated heterocycles. The standard InChI is InChI=1S/C12H15ClN2O2S/c1-3-17-9(16)6-18-12-7(2)10(13)14-11(15-12)8-4-5-8/h8H,3-6H2,1-2H3. The molecule has 0 unspecified atom stereocenters. The van der Waals surface area contributed by atoms with E-state index in [1.807, 2.05) is 6.92 Å². The summed E-state index contributed by atoms with van der Waals surface area (Å²) in [6.45, 7) is 4.06. The molecule has 0 bridgehead atoms. The van der Waals surface area contributed by atoms with Crippen LogP contribution in [0.2, 0.25) is 5.15 Å². The van der Waals surface area contributed by atoms with Gasteiger partial charge in [0, 0.05) is 11.5 Å². The minimum absolute atomic E-state index is 0.232. The third-order valence-electron chi connectivity index (χ3n) is 2.63. The quantitative estimate of drug-likeness (QED) is 0.473. The average molecular weight is 287 g/mol. The number of aromatic nitrogens is 2. The fourth-order valence-corrected chi connectivity index (χ4v) is 2.52. The number of esters is 1. The molecule has 0 amide bonds. The van der Waals surface area contributed by atoms with Crippen LogP contribution in [-0.2, 0) is 9.53 Å². The molecule has 0 N–H and O–H groups in total. The lowest BCUT2D eigenvalue weighted by molar-refractivity contribution is -0.139. The minimum Gasteiger partial charge on any atom is -0.465 e. The lowest BCUT2D eigenvalue weighted by Gasteiger charge is -2.08. The molecule has 1 aliphatic carbocycles. The van der Waals surface area contributed by atoms with E-state index >= 15 is 0 Å². The number of halogens is 1. The largest absolute Gasteiger partial charge is 0.465 e. The summed E-state index contributed by atoms with van der Waals surface area (Å²) in [5.41, 5.74) is 0.829. The van der Waals surface area contributed by atoms with Gasteiger partial charge in [-0.15, -0.1) is 0 Å². The summed E-state index contributed by atoms with van der Waals surface area (Å²) in [6, 6.07) is 0. The summed E-state index contributed by atoms with van der Waals surface area (Å²) < 4.78 is 4.89. The maximum Gasteiger partial charge on any atom is 0.316 e. The first-order valence-electron chi connectivity index (χ1n) is 5.94. The Kier molecular flexibility index (Phi) is 4.45. The zero-order valence-electron chi connectivity index (χ0n) is 10.4. The Bertz CT molecular complexity index is 464. The number of carbonyl (C=O) groups is 1. The predicted octanol–water partition coefficient (Wildman–Crippen LogP) is 2.97. The number of thioether (sulfide) groups is 1. The number of hydrogen-bond acceptors (Lipinski definition) is 5. The smallest absolute Gasteiger partial charge is 0.316 e. The molecule has 2 rings (SSSR count). The highest BCUT2D eigenvalue weighted by Crippen LogP contribution is 2.39. The molecule has 4 nitrogen and oxygen atoms in total. The molecule has 1 aromatic rings. The second-order valence-electron chi connectivity index (χ2n) is 4.17. The van der Waals surface area contributed by atoms with Crippen molar-refractivity contribution in [1.29, 1.82) is 0 Å². The Balaban J connectivity index is 2.08. The van der Waals surface area contributed by atoms with E-state index in [1.54, 1.807) is 6.92 Å². The van der Waals surface area contributed by atoms with Crippen LogP contribution in [0.4, 0.5) is 0 Å². The highest BCUT2D eigenvalue weighted by molar-refractivity contribution is 7.99. The second-order valence-corrected chi connectivity index (χ2v) is 5.49. The van der Waals surface area contributed by atoms with E-state index in [2.05, 4.69) is 9.97 Å². The molecule has 1 aromatic heterocycles. The Morgan fingerprint density at radius 3 is 2.83 bits per heavy atom. The molecule has 0 radical (unpaired) electrons. The lowest BCUT2D eigenvalue weighted by atomic mass is 10.3. The van der Waals surface area contributed by atoms with Crippen LogP contribution in [0.25, 0.3) is 0 Å². The summed E-state index contributed by atoms with van der Waals surface area (Å²) >= 11 is 7.45. The third kappa shape index (κ3) is 3.36. The molecule has 1 saturated carbocycles. The highest BCUT2D eigenvalue weighted by Gasteiger charge is 2.28. The molecule has 98 valence electrons. The molecule has 1 heterocycles. The zero-order valence-corrected chi connectivity index (χ0v) is 12.0. The number of carbonyl (C=O) groups excluding carboxylic acids is 1. The van der Waals surface area contributed by atoms with Crippen molar-refractivity contribution in [2.24, 2.45) is 0 Å². The highest BCUT2D eigenvalue weighted by atomic mass is 35.5. The number of ether oxygens (including phenoxy) is 1. The second kappa shape index (κ2) is 5.89. The minimum atomic E-state index is -0.232. The van der Waals surface area contributed by atoms with Gasteiger partial charge in [-0.1, -0.05) is 23.4 Å². The van der Waals surface area contributed by atoms with E-state index in [9.17, 15) is 4.79 Å². The summed E-state index contributed by atoms with van der Waals surface area (Å²) in [5.74, 6) is 1.28. The molecule has 1 fully saturated rings. The summed E-state index contributed by atoms with van der Waals surface area (Å²) in [4.78, 5) is 20.1. The van der Waals surface area contributed by atoms with Gasteiger partial charge in [0.25, 0.3) is 0 Å². The van der Waals surface area contributed by atoms with Crippen molar-refractivity contribution in [3.63, 3.8) is 0 Å². The van der Waals surface area contributed by atoms with Crippen molar-refractivity contribution in [2.75, 3.05) is 12.4 Å². The number of hydrogen-bond donors (Lipinski definition) is 0. The summed E-state index contributed by atoms with van der Waals surface area (Å²) in [5, 5.41) is 1.27. The molecule has 0 aromatic carbocycles. The van der Waals surface area contributed by atoms with Gasteiger partial charge in [0.2, 0.25) is 0 Å². The van der Waals surface area contributed by atoms with E-state index in [0.29, 0.717) is 17.7 Å². The van der Waals surface area contributed by atoms with Crippen LogP contribution >= 0.6 is 23.4 Å². The molecule has 6 heteroatoms. The van der Waals surface area contributed by atoms with Crippen LogP contribution in [0, 0.1) is 6.92 Å². The maximum absolute atomic E-state index is 11.3. The van der Waals surface area contributed by atoms with E-state index in [1.165, 1.54) is 11.8 Å². The van der Waals surface area contributed by atoms with Gasteiger partial charge >= 0.3 is 5.97 Å². The molecule has 0 spiro atoms. The SMILES string of the molecule is CCOC(=O)CSc1nc(C2CC2)nc(Cl)c1C. The van der Waals surface area contributed by atoms with Crippen LogP contribution in [0.5, 0.6) is 0 Å². The van der Waals surface area contributed by atoms with E-state index in [0.717, 1.165) is 29.3 Å². The van der Waals surface area contributed by atoms with Crippen LogP contribution in [-0.4, -0.2) is 28.3 Å². The summed E-state index contributed by atoms with van der Waals surface area (Å²) in [7, 11) is 0. The maximum atomic E-state index is 11.3. The Hall–Kier alpha value is -0.810. The fourth-order valence-electron chi connectivity index (χ4n) is 1.48. The molecule has 18 heavy (non-hydrogen) atoms. The van der Waals surface area contributed by atoms with Crippen molar-refractivity contribution >= 4 is 29.3 Å². The van der Waals surface area contributed by atoms with E-state index in [4.69, 9.17) is 16.3 Å². The van der Waals surface area contributed by atoms with Gasteiger partial charge in [0.05, 0.1) is 12.4 Å². The summed E-state index contributed by atoms with van der Waals surface area (Å²) in [6.07, 6.45) is 2.25. The normalized spacial score (nSPS) is 14.6. The first kappa shape index (κ1) is 13.6. The van der Waals surface area contributed by atoms with Crippen LogP contribution in [0.15, 0.2) is 5.03 Å². The Labute approximate surface area is 115 Å². The molecular formula is C12H15ClN2O2S. The zero-order chi connectivity index (χ0) is 13.1. The van der Waals surface area contributed by atoms with Crippen LogP contribution < -0.4 is 0 Å². The molecule has 0 atom stereocenters. The Morgan fingerprint density at radius 1 is 1.50 bits per heavy atom. The first-order chi connectivity index (χ1) is 8.61. The molecule has 1 aliphatic rings. The van der Waals surface area contributed by atoms with Gasteiger partial charge in [-0.2, -0.15) is 0 Å². The van der Waals surface area contributed by atoms with Gasteiger partial charge in [0.1, 0.15) is 16.0 Å². The monoisotopic (exact) mass is 286 g/mol. The number of nitrogens with zero attached hydrogens (tertiary/aromatic N) is 2. The molecule has 0 aliphatic heterocycles. The average Bonchev–Trinajstić information content (AvgIpc) is 3.15. The Morgan fingerprint density at radius 2 is 2.22 bits per heavy atom. The van der Waals surface area contributed by atoms with Gasteiger partial charge in [-0.3, -0.25) is 4.79 Å². The first-order valence-corrected chi connectivity index (χ1v) is 7.30. The third-order valence-corrected chi connectivity index (χ3v) is 4.05. The fraction of sp³-hybridized carbons (Fsp3) is 0.583. The lowest BCUT2D eigenvalue weighted by Crippen LogP contribution is -2.07. The van der Waals surface area contributed by atoms with Crippen LogP contribution in [0.3, 0.4) is 0 Å². The van der Waals surface area contributed by atoms with E-state index in [-0.39, 0.29) is 11.7 Å².